The van der Waals surface area contributed by atoms with E-state index >= 15 is 0 Å². The van der Waals surface area contributed by atoms with Crippen molar-refractivity contribution in [2.24, 2.45) is 0 Å². The fraction of sp³-hybridized carbons (Fsp3) is 0.0714. The Morgan fingerprint density at radius 3 is 2.63 bits per heavy atom. The predicted octanol–water partition coefficient (Wildman–Crippen LogP) is 4.14. The molecule has 19 heavy (non-hydrogen) atoms. The van der Waals surface area contributed by atoms with Crippen molar-refractivity contribution in [3.8, 4) is 17.6 Å². The van der Waals surface area contributed by atoms with Crippen LogP contribution in [-0.2, 0) is 0 Å². The van der Waals surface area contributed by atoms with Gasteiger partial charge in [0.05, 0.1) is 17.3 Å². The summed E-state index contributed by atoms with van der Waals surface area (Å²) in [5, 5.41) is 8.68. The average Bonchev–Trinajstić information content (AvgIpc) is 2.35. The number of halogens is 2. The van der Waals surface area contributed by atoms with Crippen molar-refractivity contribution in [1.29, 1.82) is 5.26 Å². The van der Waals surface area contributed by atoms with Crippen LogP contribution in [-0.4, -0.2) is 0 Å². The van der Waals surface area contributed by atoms with Crippen molar-refractivity contribution >= 4 is 21.6 Å². The molecule has 5 heteroatoms. The SMILES string of the molecule is Cc1cc(Br)cc(N)c1Oc1ccc(C#N)cc1F. The van der Waals surface area contributed by atoms with Gasteiger partial charge in [-0.15, -0.1) is 0 Å². The first kappa shape index (κ1) is 13.4. The van der Waals surface area contributed by atoms with Gasteiger partial charge in [0.2, 0.25) is 0 Å². The first-order valence-electron chi connectivity index (χ1n) is 5.44. The van der Waals surface area contributed by atoms with E-state index in [1.54, 1.807) is 6.07 Å². The maximum Gasteiger partial charge on any atom is 0.167 e. The average molecular weight is 321 g/mol. The minimum Gasteiger partial charge on any atom is -0.452 e. The van der Waals surface area contributed by atoms with Gasteiger partial charge in [-0.2, -0.15) is 5.26 Å². The van der Waals surface area contributed by atoms with Crippen LogP contribution in [0.15, 0.2) is 34.8 Å². The van der Waals surface area contributed by atoms with Crippen molar-refractivity contribution in [2.75, 3.05) is 5.73 Å². The van der Waals surface area contributed by atoms with Crippen LogP contribution in [0.1, 0.15) is 11.1 Å². The molecule has 96 valence electrons. The maximum atomic E-state index is 13.7. The van der Waals surface area contributed by atoms with Crippen molar-refractivity contribution in [2.45, 2.75) is 6.92 Å². The first-order valence-corrected chi connectivity index (χ1v) is 6.23. The second-order valence-electron chi connectivity index (χ2n) is 4.00. The van der Waals surface area contributed by atoms with Crippen LogP contribution in [0.4, 0.5) is 10.1 Å². The summed E-state index contributed by atoms with van der Waals surface area (Å²) in [7, 11) is 0. The van der Waals surface area contributed by atoms with Crippen molar-refractivity contribution in [1.82, 2.24) is 0 Å². The smallest absolute Gasteiger partial charge is 0.167 e. The number of nitrogens with two attached hydrogens (primary N) is 1. The summed E-state index contributed by atoms with van der Waals surface area (Å²) < 4.78 is 20.1. The molecule has 0 radical (unpaired) electrons. The molecule has 0 saturated carbocycles. The Balaban J connectivity index is 2.40. The number of ether oxygens (including phenoxy) is 1. The molecule has 2 rings (SSSR count). The zero-order valence-corrected chi connectivity index (χ0v) is 11.7. The van der Waals surface area contributed by atoms with E-state index in [9.17, 15) is 4.39 Å². The van der Waals surface area contributed by atoms with E-state index < -0.39 is 5.82 Å². The van der Waals surface area contributed by atoms with Gasteiger partial charge in [0, 0.05) is 4.47 Å². The molecular weight excluding hydrogens is 311 g/mol. The molecule has 0 aliphatic heterocycles. The van der Waals surface area contributed by atoms with E-state index in [4.69, 9.17) is 15.7 Å². The van der Waals surface area contributed by atoms with Gasteiger partial charge in [-0.25, -0.2) is 4.39 Å². The Morgan fingerprint density at radius 1 is 1.32 bits per heavy atom. The van der Waals surface area contributed by atoms with E-state index in [0.717, 1.165) is 16.1 Å². The number of aryl methyl sites for hydroxylation is 1. The molecule has 0 atom stereocenters. The summed E-state index contributed by atoms with van der Waals surface area (Å²) in [5.74, 6) is -0.149. The van der Waals surface area contributed by atoms with Gasteiger partial charge >= 0.3 is 0 Å². The Labute approximate surface area is 118 Å². The molecule has 0 aliphatic rings. The molecule has 3 nitrogen and oxygen atoms in total. The third-order valence-corrected chi connectivity index (χ3v) is 3.00. The molecule has 0 fully saturated rings. The molecule has 0 bridgehead atoms. The minimum atomic E-state index is -0.597. The van der Waals surface area contributed by atoms with E-state index in [1.807, 2.05) is 19.1 Å². The predicted molar refractivity (Wildman–Crippen MR) is 74.5 cm³/mol. The Bertz CT molecular complexity index is 657. The number of rotatable bonds is 2. The zero-order chi connectivity index (χ0) is 14.0. The van der Waals surface area contributed by atoms with E-state index in [2.05, 4.69) is 15.9 Å². The summed E-state index contributed by atoms with van der Waals surface area (Å²) in [4.78, 5) is 0. The lowest BCUT2D eigenvalue weighted by Crippen LogP contribution is -1.96. The first-order chi connectivity index (χ1) is 9.01. The monoisotopic (exact) mass is 320 g/mol. The molecule has 0 aliphatic carbocycles. The summed E-state index contributed by atoms with van der Waals surface area (Å²) >= 11 is 3.32. The van der Waals surface area contributed by atoms with Gasteiger partial charge in [0.25, 0.3) is 0 Å². The van der Waals surface area contributed by atoms with Crippen LogP contribution < -0.4 is 10.5 Å². The summed E-state index contributed by atoms with van der Waals surface area (Å²) in [6, 6.07) is 9.40. The fourth-order valence-electron chi connectivity index (χ4n) is 1.66. The molecule has 2 N–H and O–H groups in total. The van der Waals surface area contributed by atoms with Gasteiger partial charge in [0.1, 0.15) is 0 Å². The summed E-state index contributed by atoms with van der Waals surface area (Å²) in [6.45, 7) is 1.82. The second kappa shape index (κ2) is 5.29. The molecule has 0 unspecified atom stereocenters. The van der Waals surface area contributed by atoms with Crippen LogP contribution in [0.5, 0.6) is 11.5 Å². The number of nitrogen functional groups attached to an aromatic ring is 1. The number of hydrogen-bond donors (Lipinski definition) is 1. The second-order valence-corrected chi connectivity index (χ2v) is 4.92. The zero-order valence-electron chi connectivity index (χ0n) is 10.1. The highest BCUT2D eigenvalue weighted by molar-refractivity contribution is 9.10. The highest BCUT2D eigenvalue weighted by Gasteiger charge is 2.11. The van der Waals surface area contributed by atoms with E-state index in [1.165, 1.54) is 12.1 Å². The van der Waals surface area contributed by atoms with Gasteiger partial charge in [-0.1, -0.05) is 15.9 Å². The molecule has 0 spiro atoms. The lowest BCUT2D eigenvalue weighted by molar-refractivity contribution is 0.441. The molecular formula is C14H10BrFN2O. The molecule has 0 amide bonds. The quantitative estimate of drug-likeness (QED) is 0.846. The maximum absolute atomic E-state index is 13.7. The van der Waals surface area contributed by atoms with Crippen molar-refractivity contribution in [3.63, 3.8) is 0 Å². The van der Waals surface area contributed by atoms with Gasteiger partial charge in [-0.05, 0) is 42.8 Å². The van der Waals surface area contributed by atoms with E-state index in [-0.39, 0.29) is 11.3 Å². The number of hydrogen-bond acceptors (Lipinski definition) is 3. The van der Waals surface area contributed by atoms with Crippen LogP contribution >= 0.6 is 15.9 Å². The molecule has 2 aromatic carbocycles. The number of nitriles is 1. The van der Waals surface area contributed by atoms with Crippen LogP contribution in [0.25, 0.3) is 0 Å². The normalized spacial score (nSPS) is 10.0. The summed E-state index contributed by atoms with van der Waals surface area (Å²) in [6.07, 6.45) is 0. The third-order valence-electron chi connectivity index (χ3n) is 2.54. The Kier molecular flexibility index (Phi) is 3.72. The molecule has 0 aromatic heterocycles. The van der Waals surface area contributed by atoms with E-state index in [0.29, 0.717) is 11.4 Å². The van der Waals surface area contributed by atoms with Crippen LogP contribution in [0.3, 0.4) is 0 Å². The lowest BCUT2D eigenvalue weighted by Gasteiger charge is -2.12. The largest absolute Gasteiger partial charge is 0.452 e. The third kappa shape index (κ3) is 2.85. The number of benzene rings is 2. The van der Waals surface area contributed by atoms with Gasteiger partial charge in [-0.3, -0.25) is 0 Å². The van der Waals surface area contributed by atoms with Crippen LogP contribution in [0, 0.1) is 24.1 Å². The molecule has 0 saturated heterocycles. The lowest BCUT2D eigenvalue weighted by atomic mass is 10.2. The number of nitrogens with zero attached hydrogens (tertiary/aromatic N) is 1. The Hall–Kier alpha value is -2.06. The highest BCUT2D eigenvalue weighted by Crippen LogP contribution is 2.34. The minimum absolute atomic E-state index is 0.0381. The summed E-state index contributed by atoms with van der Waals surface area (Å²) in [5.41, 5.74) is 7.29. The van der Waals surface area contributed by atoms with Crippen molar-refractivity contribution < 1.29 is 9.13 Å². The molecule has 0 heterocycles. The van der Waals surface area contributed by atoms with Crippen LogP contribution in [0.2, 0.25) is 0 Å². The standard InChI is InChI=1S/C14H10BrFN2O/c1-8-4-10(15)6-12(18)14(8)19-13-3-2-9(7-17)5-11(13)16/h2-6H,18H2,1H3. The van der Waals surface area contributed by atoms with Crippen molar-refractivity contribution in [3.05, 3.63) is 51.7 Å². The molecule has 2 aromatic rings. The fourth-order valence-corrected chi connectivity index (χ4v) is 2.25. The van der Waals surface area contributed by atoms with Gasteiger partial charge in [0.15, 0.2) is 17.3 Å². The number of anilines is 1. The topological polar surface area (TPSA) is 59.0 Å². The Morgan fingerprint density at radius 2 is 2.05 bits per heavy atom. The van der Waals surface area contributed by atoms with Gasteiger partial charge < -0.3 is 10.5 Å². The highest BCUT2D eigenvalue weighted by atomic mass is 79.9.